The molecule has 1 aromatic carbocycles. The van der Waals surface area contributed by atoms with E-state index in [1.807, 2.05) is 6.92 Å². The molecule has 0 radical (unpaired) electrons. The van der Waals surface area contributed by atoms with Crippen LogP contribution >= 0.6 is 0 Å². The highest BCUT2D eigenvalue weighted by molar-refractivity contribution is 7.92. The van der Waals surface area contributed by atoms with Gasteiger partial charge in [-0.25, -0.2) is 4.98 Å². The van der Waals surface area contributed by atoms with Crippen LogP contribution in [0.15, 0.2) is 41.8 Å². The van der Waals surface area contributed by atoms with Crippen LogP contribution in [-0.4, -0.2) is 30.8 Å². The minimum Gasteiger partial charge on any atom is -0.352 e. The molecule has 0 spiro atoms. The molecule has 0 aliphatic carbocycles. The molecule has 2 rings (SSSR count). The van der Waals surface area contributed by atoms with Crippen molar-refractivity contribution >= 4 is 21.6 Å². The van der Waals surface area contributed by atoms with Gasteiger partial charge in [-0.15, -0.1) is 0 Å². The lowest BCUT2D eigenvalue weighted by Crippen LogP contribution is -2.25. The van der Waals surface area contributed by atoms with E-state index in [1.54, 1.807) is 18.2 Å². The number of hydrogen-bond donors (Lipinski definition) is 3. The van der Waals surface area contributed by atoms with Gasteiger partial charge in [-0.05, 0) is 18.6 Å². The van der Waals surface area contributed by atoms with Crippen molar-refractivity contribution in [3.8, 4) is 0 Å². The van der Waals surface area contributed by atoms with Gasteiger partial charge in [-0.1, -0.05) is 19.1 Å². The number of imidazole rings is 1. The zero-order valence-electron chi connectivity index (χ0n) is 11.5. The summed E-state index contributed by atoms with van der Waals surface area (Å²) < 4.78 is 26.7. The average molecular weight is 308 g/mol. The number of para-hydroxylation sites is 1. The Morgan fingerprint density at radius 1 is 1.33 bits per heavy atom. The third-order valence-corrected chi connectivity index (χ3v) is 4.01. The maximum absolute atomic E-state index is 12.1. The van der Waals surface area contributed by atoms with Crippen molar-refractivity contribution in [1.82, 2.24) is 15.3 Å². The molecule has 3 N–H and O–H groups in total. The Morgan fingerprint density at radius 3 is 2.76 bits per heavy atom. The normalized spacial score (nSPS) is 11.1. The van der Waals surface area contributed by atoms with E-state index in [9.17, 15) is 13.2 Å². The Kier molecular flexibility index (Phi) is 4.59. The Hall–Kier alpha value is -2.35. The van der Waals surface area contributed by atoms with Crippen LogP contribution in [0, 0.1) is 0 Å². The number of rotatable bonds is 6. The van der Waals surface area contributed by atoms with Gasteiger partial charge in [-0.2, -0.15) is 8.42 Å². The highest BCUT2D eigenvalue weighted by Gasteiger charge is 2.19. The fourth-order valence-corrected chi connectivity index (χ4v) is 2.68. The van der Waals surface area contributed by atoms with Gasteiger partial charge in [0.1, 0.15) is 0 Å². The summed E-state index contributed by atoms with van der Waals surface area (Å²) in [6, 6.07) is 6.43. The second kappa shape index (κ2) is 6.40. The highest BCUT2D eigenvalue weighted by atomic mass is 32.2. The van der Waals surface area contributed by atoms with Gasteiger partial charge in [0.15, 0.2) is 5.03 Å². The first-order valence-corrected chi connectivity index (χ1v) is 7.91. The maximum Gasteiger partial charge on any atom is 0.278 e. The topological polar surface area (TPSA) is 104 Å². The van der Waals surface area contributed by atoms with Gasteiger partial charge in [0, 0.05) is 6.54 Å². The van der Waals surface area contributed by atoms with E-state index < -0.39 is 10.0 Å². The number of amides is 1. The summed E-state index contributed by atoms with van der Waals surface area (Å²) in [4.78, 5) is 18.2. The molecule has 2 aromatic rings. The number of nitrogens with one attached hydrogen (secondary N) is 3. The summed E-state index contributed by atoms with van der Waals surface area (Å²) in [6.07, 6.45) is 3.27. The molecule has 21 heavy (non-hydrogen) atoms. The first-order valence-electron chi connectivity index (χ1n) is 6.43. The third-order valence-electron chi connectivity index (χ3n) is 2.71. The number of carbonyl (C=O) groups is 1. The van der Waals surface area contributed by atoms with Crippen molar-refractivity contribution < 1.29 is 13.2 Å². The van der Waals surface area contributed by atoms with Crippen molar-refractivity contribution in [2.75, 3.05) is 11.3 Å². The predicted molar refractivity (Wildman–Crippen MR) is 78.5 cm³/mol. The molecular weight excluding hydrogens is 292 g/mol. The molecule has 0 aliphatic rings. The average Bonchev–Trinajstić information content (AvgIpc) is 3.00. The molecule has 1 aromatic heterocycles. The summed E-state index contributed by atoms with van der Waals surface area (Å²) >= 11 is 0. The van der Waals surface area contributed by atoms with Crippen LogP contribution in [0.5, 0.6) is 0 Å². The minimum absolute atomic E-state index is 0.0636. The van der Waals surface area contributed by atoms with E-state index in [-0.39, 0.29) is 22.2 Å². The largest absolute Gasteiger partial charge is 0.352 e. The number of benzene rings is 1. The number of H-pyrrole nitrogens is 1. The molecule has 1 heterocycles. The summed E-state index contributed by atoms with van der Waals surface area (Å²) in [5, 5.41) is 2.65. The van der Waals surface area contributed by atoms with E-state index in [0.717, 1.165) is 6.42 Å². The smallest absolute Gasteiger partial charge is 0.278 e. The second-order valence-corrected chi connectivity index (χ2v) is 5.97. The maximum atomic E-state index is 12.1. The highest BCUT2D eigenvalue weighted by Crippen LogP contribution is 2.18. The Morgan fingerprint density at radius 2 is 2.10 bits per heavy atom. The van der Waals surface area contributed by atoms with E-state index >= 15 is 0 Å². The quantitative estimate of drug-likeness (QED) is 0.749. The Balaban J connectivity index is 2.27. The van der Waals surface area contributed by atoms with Gasteiger partial charge >= 0.3 is 0 Å². The van der Waals surface area contributed by atoms with Crippen LogP contribution < -0.4 is 10.0 Å². The van der Waals surface area contributed by atoms with Crippen molar-refractivity contribution in [2.24, 2.45) is 0 Å². The van der Waals surface area contributed by atoms with Gasteiger partial charge < -0.3 is 10.3 Å². The molecule has 112 valence electrons. The molecule has 0 fully saturated rings. The summed E-state index contributed by atoms with van der Waals surface area (Å²) in [5.74, 6) is -0.320. The first-order chi connectivity index (χ1) is 10.0. The number of aromatic nitrogens is 2. The molecule has 0 saturated carbocycles. The monoisotopic (exact) mass is 308 g/mol. The number of sulfonamides is 1. The minimum atomic E-state index is -3.79. The summed E-state index contributed by atoms with van der Waals surface area (Å²) in [5.41, 5.74) is 0.495. The van der Waals surface area contributed by atoms with Crippen LogP contribution in [0.2, 0.25) is 0 Å². The Bertz CT molecular complexity index is 711. The number of anilines is 1. The molecule has 8 heteroatoms. The van der Waals surface area contributed by atoms with Crippen molar-refractivity contribution in [3.63, 3.8) is 0 Å². The zero-order valence-corrected chi connectivity index (χ0v) is 12.3. The number of hydrogen-bond acceptors (Lipinski definition) is 4. The van der Waals surface area contributed by atoms with Crippen molar-refractivity contribution in [2.45, 2.75) is 18.4 Å². The number of nitrogens with zero attached hydrogens (tertiary/aromatic N) is 1. The van der Waals surface area contributed by atoms with E-state index in [1.165, 1.54) is 18.6 Å². The molecule has 0 aliphatic heterocycles. The molecule has 0 bridgehead atoms. The van der Waals surface area contributed by atoms with Crippen molar-refractivity contribution in [3.05, 3.63) is 42.4 Å². The summed E-state index contributed by atoms with van der Waals surface area (Å²) in [6.45, 7) is 2.47. The van der Waals surface area contributed by atoms with Gasteiger partial charge in [0.2, 0.25) is 0 Å². The standard InChI is InChI=1S/C13H16N4O3S/c1-2-7-15-13(18)10-5-3-4-6-11(10)17-21(19,20)12-8-14-9-16-12/h3-6,8-9,17H,2,7H2,1H3,(H,14,16)(H,15,18). The van der Waals surface area contributed by atoms with Crippen LogP contribution in [0.1, 0.15) is 23.7 Å². The van der Waals surface area contributed by atoms with Crippen LogP contribution in [0.3, 0.4) is 0 Å². The predicted octanol–water partition coefficient (Wildman–Crippen LogP) is 1.35. The number of aromatic amines is 1. The molecule has 0 unspecified atom stereocenters. The third kappa shape index (κ3) is 3.60. The van der Waals surface area contributed by atoms with E-state index in [4.69, 9.17) is 0 Å². The van der Waals surface area contributed by atoms with Crippen molar-refractivity contribution in [1.29, 1.82) is 0 Å². The van der Waals surface area contributed by atoms with Gasteiger partial charge in [0.25, 0.3) is 15.9 Å². The molecule has 1 amide bonds. The van der Waals surface area contributed by atoms with Crippen LogP contribution in [0.25, 0.3) is 0 Å². The van der Waals surface area contributed by atoms with Crippen LogP contribution in [0.4, 0.5) is 5.69 Å². The van der Waals surface area contributed by atoms with Gasteiger partial charge in [0.05, 0.1) is 23.8 Å². The van der Waals surface area contributed by atoms with Crippen LogP contribution in [-0.2, 0) is 10.0 Å². The SMILES string of the molecule is CCCNC(=O)c1ccccc1NS(=O)(=O)c1cnc[nH]1. The number of carbonyl (C=O) groups excluding carboxylic acids is 1. The van der Waals surface area contributed by atoms with E-state index in [0.29, 0.717) is 6.54 Å². The molecule has 0 saturated heterocycles. The molecule has 0 atom stereocenters. The lowest BCUT2D eigenvalue weighted by molar-refractivity contribution is 0.0954. The van der Waals surface area contributed by atoms with Gasteiger partial charge in [-0.3, -0.25) is 9.52 Å². The lowest BCUT2D eigenvalue weighted by atomic mass is 10.1. The molecule has 7 nitrogen and oxygen atoms in total. The second-order valence-electron chi connectivity index (χ2n) is 4.32. The first kappa shape index (κ1) is 15.0. The lowest BCUT2D eigenvalue weighted by Gasteiger charge is -2.11. The summed E-state index contributed by atoms with van der Waals surface area (Å²) in [7, 11) is -3.79. The zero-order chi connectivity index (χ0) is 15.3. The fourth-order valence-electron chi connectivity index (χ4n) is 1.69. The fraction of sp³-hybridized carbons (Fsp3) is 0.231. The molecular formula is C13H16N4O3S. The van der Waals surface area contributed by atoms with E-state index in [2.05, 4.69) is 20.0 Å². The Labute approximate surface area is 122 Å².